The topological polar surface area (TPSA) is 34.5 Å². The molecule has 0 N–H and O–H groups in total. The van der Waals surface area contributed by atoms with E-state index in [4.69, 9.17) is 0 Å². The minimum atomic E-state index is -0.431. The molecule has 0 atom stereocenters. The van der Waals surface area contributed by atoms with Gasteiger partial charge >= 0.3 is 0 Å². The fourth-order valence-corrected chi connectivity index (χ4v) is 0.985. The largest absolute Gasteiger partial charge is 0.399 e. The van der Waals surface area contributed by atoms with Gasteiger partial charge in [-0.2, -0.15) is 0 Å². The molecule has 0 aromatic carbocycles. The van der Waals surface area contributed by atoms with E-state index in [1.165, 1.54) is 19.4 Å². The summed E-state index contributed by atoms with van der Waals surface area (Å²) in [7, 11) is 1.39. The minimum absolute atomic E-state index is 0.332. The Hall–Kier alpha value is -0.970. The van der Waals surface area contributed by atoms with Gasteiger partial charge in [0.1, 0.15) is 17.5 Å². The first kappa shape index (κ1) is 9.12. The van der Waals surface area contributed by atoms with Gasteiger partial charge in [0.05, 0.1) is 12.4 Å². The van der Waals surface area contributed by atoms with E-state index in [1.54, 1.807) is 0 Å². The second-order valence-corrected chi connectivity index (χ2v) is 2.76. The van der Waals surface area contributed by atoms with E-state index in [9.17, 15) is 4.39 Å². The summed E-state index contributed by atoms with van der Waals surface area (Å²) in [6.07, 6.45) is 2.39. The molecular formula is C7H6BrFN2O. The van der Waals surface area contributed by atoms with Crippen LogP contribution >= 0.6 is 15.9 Å². The van der Waals surface area contributed by atoms with Gasteiger partial charge in [-0.15, -0.1) is 0 Å². The fraction of sp³-hybridized carbons (Fsp3) is 0.143. The molecule has 1 rings (SSSR count). The van der Waals surface area contributed by atoms with Gasteiger partial charge in [0.2, 0.25) is 0 Å². The third-order valence-electron chi connectivity index (χ3n) is 1.15. The molecule has 0 fully saturated rings. The maximum Gasteiger partial charge on any atom is 0.150 e. The molecule has 5 heteroatoms. The number of rotatable bonds is 2. The summed E-state index contributed by atoms with van der Waals surface area (Å²) in [6.45, 7) is 0. The number of hydrogen-bond donors (Lipinski definition) is 0. The molecule has 1 aromatic rings. The van der Waals surface area contributed by atoms with Gasteiger partial charge < -0.3 is 4.84 Å². The predicted molar refractivity (Wildman–Crippen MR) is 46.5 cm³/mol. The maximum atomic E-state index is 12.9. The van der Waals surface area contributed by atoms with Crippen LogP contribution in [0.1, 0.15) is 5.56 Å². The van der Waals surface area contributed by atoms with Crippen molar-refractivity contribution in [2.45, 2.75) is 0 Å². The monoisotopic (exact) mass is 232 g/mol. The predicted octanol–water partition coefficient (Wildman–Crippen LogP) is 1.96. The van der Waals surface area contributed by atoms with Crippen molar-refractivity contribution in [1.29, 1.82) is 0 Å². The van der Waals surface area contributed by atoms with Crippen LogP contribution in [0.2, 0.25) is 0 Å². The summed E-state index contributed by atoms with van der Waals surface area (Å²) < 4.78 is 13.4. The quantitative estimate of drug-likeness (QED) is 0.444. The number of nitrogens with zero attached hydrogens (tertiary/aromatic N) is 2. The highest BCUT2D eigenvalue weighted by Gasteiger charge is 2.00. The molecule has 0 radical (unpaired) electrons. The second-order valence-electron chi connectivity index (χ2n) is 1.95. The molecule has 1 aromatic heterocycles. The zero-order valence-corrected chi connectivity index (χ0v) is 7.88. The van der Waals surface area contributed by atoms with Crippen molar-refractivity contribution >= 4 is 22.1 Å². The fourth-order valence-electron chi connectivity index (χ4n) is 0.636. The first-order valence-electron chi connectivity index (χ1n) is 3.11. The molecule has 0 unspecified atom stereocenters. The van der Waals surface area contributed by atoms with E-state index in [2.05, 4.69) is 30.9 Å². The molecule has 12 heavy (non-hydrogen) atoms. The molecule has 0 aliphatic heterocycles. The van der Waals surface area contributed by atoms with Crippen LogP contribution in [0.25, 0.3) is 0 Å². The van der Waals surface area contributed by atoms with Crippen LogP contribution in [-0.2, 0) is 4.84 Å². The number of halogens is 2. The molecular weight excluding hydrogens is 227 g/mol. The summed E-state index contributed by atoms with van der Waals surface area (Å²) in [5.41, 5.74) is 0.332. The van der Waals surface area contributed by atoms with E-state index < -0.39 is 5.82 Å². The SMILES string of the molecule is CO/N=C/c1cc(Br)ncc1F. The van der Waals surface area contributed by atoms with Crippen molar-refractivity contribution < 1.29 is 9.23 Å². The zero-order valence-electron chi connectivity index (χ0n) is 6.29. The Morgan fingerprint density at radius 2 is 2.50 bits per heavy atom. The molecule has 0 aliphatic carbocycles. The molecule has 0 saturated heterocycles. The zero-order chi connectivity index (χ0) is 8.97. The number of oxime groups is 1. The second kappa shape index (κ2) is 4.15. The van der Waals surface area contributed by atoms with Crippen molar-refractivity contribution in [3.05, 3.63) is 28.2 Å². The third-order valence-corrected chi connectivity index (χ3v) is 1.58. The average molecular weight is 233 g/mol. The highest BCUT2D eigenvalue weighted by Crippen LogP contribution is 2.10. The van der Waals surface area contributed by atoms with Crippen LogP contribution in [0, 0.1) is 5.82 Å². The van der Waals surface area contributed by atoms with Gasteiger partial charge in [-0.05, 0) is 22.0 Å². The van der Waals surface area contributed by atoms with Crippen LogP contribution in [0.3, 0.4) is 0 Å². The molecule has 0 bridgehead atoms. The Balaban J connectivity index is 2.97. The standard InChI is InChI=1S/C7H6BrFN2O/c1-12-11-3-5-2-7(8)10-4-6(5)9/h2-4H,1H3/b11-3+. The van der Waals surface area contributed by atoms with Crippen LogP contribution in [-0.4, -0.2) is 18.3 Å². The van der Waals surface area contributed by atoms with Crippen molar-refractivity contribution in [3.63, 3.8) is 0 Å². The van der Waals surface area contributed by atoms with Crippen molar-refractivity contribution in [2.75, 3.05) is 7.11 Å². The summed E-state index contributed by atoms with van der Waals surface area (Å²) in [4.78, 5) is 8.09. The van der Waals surface area contributed by atoms with Crippen LogP contribution in [0.15, 0.2) is 22.0 Å². The van der Waals surface area contributed by atoms with Crippen LogP contribution in [0.4, 0.5) is 4.39 Å². The molecule has 64 valence electrons. The van der Waals surface area contributed by atoms with Gasteiger partial charge in [-0.3, -0.25) is 0 Å². The lowest BCUT2D eigenvalue weighted by molar-refractivity contribution is 0.215. The molecule has 1 heterocycles. The van der Waals surface area contributed by atoms with E-state index in [0.717, 1.165) is 6.20 Å². The highest BCUT2D eigenvalue weighted by molar-refractivity contribution is 9.10. The average Bonchev–Trinajstić information content (AvgIpc) is 2.07. The van der Waals surface area contributed by atoms with E-state index in [1.807, 2.05) is 0 Å². The lowest BCUT2D eigenvalue weighted by Crippen LogP contribution is -1.90. The third kappa shape index (κ3) is 2.27. The Morgan fingerprint density at radius 1 is 1.75 bits per heavy atom. The van der Waals surface area contributed by atoms with Gasteiger partial charge in [0.25, 0.3) is 0 Å². The Labute approximate surface area is 77.4 Å². The van der Waals surface area contributed by atoms with Crippen LogP contribution in [0.5, 0.6) is 0 Å². The number of pyridine rings is 1. The lowest BCUT2D eigenvalue weighted by Gasteiger charge is -1.95. The highest BCUT2D eigenvalue weighted by atomic mass is 79.9. The molecule has 0 saturated carbocycles. The first-order valence-corrected chi connectivity index (χ1v) is 3.91. The van der Waals surface area contributed by atoms with Crippen molar-refractivity contribution in [2.24, 2.45) is 5.16 Å². The lowest BCUT2D eigenvalue weighted by atomic mass is 10.3. The van der Waals surface area contributed by atoms with Crippen molar-refractivity contribution in [1.82, 2.24) is 4.98 Å². The number of aromatic nitrogens is 1. The minimum Gasteiger partial charge on any atom is -0.399 e. The van der Waals surface area contributed by atoms with Crippen LogP contribution < -0.4 is 0 Å². The van der Waals surface area contributed by atoms with Crippen molar-refractivity contribution in [3.8, 4) is 0 Å². The normalized spacial score (nSPS) is 10.6. The maximum absolute atomic E-state index is 12.9. The first-order chi connectivity index (χ1) is 5.74. The summed E-state index contributed by atoms with van der Waals surface area (Å²) in [5.74, 6) is -0.431. The Bertz CT molecular complexity index is 303. The van der Waals surface area contributed by atoms with E-state index in [0.29, 0.717) is 10.2 Å². The van der Waals surface area contributed by atoms with Gasteiger partial charge in [0.15, 0.2) is 0 Å². The molecule has 3 nitrogen and oxygen atoms in total. The van der Waals surface area contributed by atoms with E-state index >= 15 is 0 Å². The Kier molecular flexibility index (Phi) is 3.16. The van der Waals surface area contributed by atoms with E-state index in [-0.39, 0.29) is 0 Å². The van der Waals surface area contributed by atoms with Gasteiger partial charge in [-0.1, -0.05) is 5.16 Å². The van der Waals surface area contributed by atoms with Gasteiger partial charge in [0, 0.05) is 5.56 Å². The summed E-state index contributed by atoms with van der Waals surface area (Å²) in [6, 6.07) is 1.51. The summed E-state index contributed by atoms with van der Waals surface area (Å²) >= 11 is 3.11. The number of hydrogen-bond acceptors (Lipinski definition) is 3. The van der Waals surface area contributed by atoms with Gasteiger partial charge in [-0.25, -0.2) is 9.37 Å². The Morgan fingerprint density at radius 3 is 3.17 bits per heavy atom. The smallest absolute Gasteiger partial charge is 0.150 e. The molecule has 0 amide bonds. The molecule has 0 aliphatic rings. The molecule has 0 spiro atoms. The summed E-state index contributed by atoms with van der Waals surface area (Å²) in [5, 5.41) is 3.43.